The lowest BCUT2D eigenvalue weighted by Crippen LogP contribution is -2.33. The van der Waals surface area contributed by atoms with Crippen molar-refractivity contribution in [2.75, 3.05) is 13.1 Å². The van der Waals surface area contributed by atoms with Crippen molar-refractivity contribution in [2.24, 2.45) is 11.7 Å². The first kappa shape index (κ1) is 15.9. The lowest BCUT2D eigenvalue weighted by atomic mass is 10.0. The lowest BCUT2D eigenvalue weighted by molar-refractivity contribution is -0.385. The summed E-state index contributed by atoms with van der Waals surface area (Å²) in [5, 5.41) is 10.8. The molecule has 1 saturated heterocycles. The third kappa shape index (κ3) is 3.07. The van der Waals surface area contributed by atoms with Gasteiger partial charge in [-0.1, -0.05) is 6.07 Å². The molecule has 2 N–H and O–H groups in total. The van der Waals surface area contributed by atoms with Crippen LogP contribution < -0.4 is 5.73 Å². The summed E-state index contributed by atoms with van der Waals surface area (Å²) in [5.74, 6) is 0.124. The Bertz CT molecular complexity index is 657. The van der Waals surface area contributed by atoms with Gasteiger partial charge in [0.1, 0.15) is 0 Å². The Labute approximate surface area is 123 Å². The van der Waals surface area contributed by atoms with E-state index >= 15 is 0 Å². The van der Waals surface area contributed by atoms with Crippen molar-refractivity contribution in [3.05, 3.63) is 33.9 Å². The maximum absolute atomic E-state index is 12.7. The number of nitrogens with two attached hydrogens (primary N) is 1. The molecular weight excluding hydrogens is 294 g/mol. The molecule has 2 unspecified atom stereocenters. The van der Waals surface area contributed by atoms with Crippen molar-refractivity contribution < 1.29 is 13.3 Å². The molecule has 0 saturated carbocycles. The predicted molar refractivity (Wildman–Crippen MR) is 78.3 cm³/mol. The van der Waals surface area contributed by atoms with E-state index in [1.165, 1.54) is 16.4 Å². The highest BCUT2D eigenvalue weighted by atomic mass is 32.2. The van der Waals surface area contributed by atoms with E-state index in [9.17, 15) is 18.5 Å². The van der Waals surface area contributed by atoms with E-state index < -0.39 is 14.9 Å². The number of hydrogen-bond acceptors (Lipinski definition) is 5. The van der Waals surface area contributed by atoms with Crippen LogP contribution in [0, 0.1) is 23.0 Å². The molecule has 1 fully saturated rings. The highest BCUT2D eigenvalue weighted by Gasteiger charge is 2.35. The summed E-state index contributed by atoms with van der Waals surface area (Å²) in [4.78, 5) is 10.2. The second-order valence-electron chi connectivity index (χ2n) is 5.48. The first-order valence-corrected chi connectivity index (χ1v) is 8.18. The molecule has 2 rings (SSSR count). The van der Waals surface area contributed by atoms with Crippen LogP contribution in [-0.4, -0.2) is 36.8 Å². The van der Waals surface area contributed by atoms with Gasteiger partial charge in [0.05, 0.1) is 9.82 Å². The van der Waals surface area contributed by atoms with Crippen LogP contribution >= 0.6 is 0 Å². The minimum Gasteiger partial charge on any atom is -0.328 e. The molecule has 21 heavy (non-hydrogen) atoms. The van der Waals surface area contributed by atoms with E-state index in [4.69, 9.17) is 5.73 Å². The average Bonchev–Trinajstić information content (AvgIpc) is 2.89. The van der Waals surface area contributed by atoms with Crippen molar-refractivity contribution in [3.63, 3.8) is 0 Å². The van der Waals surface area contributed by atoms with Crippen molar-refractivity contribution in [2.45, 2.75) is 31.2 Å². The highest BCUT2D eigenvalue weighted by molar-refractivity contribution is 7.89. The molecular formula is C13H19N3O4S. The fourth-order valence-electron chi connectivity index (χ4n) is 2.52. The van der Waals surface area contributed by atoms with Crippen LogP contribution in [0.15, 0.2) is 23.1 Å². The highest BCUT2D eigenvalue weighted by Crippen LogP contribution is 2.29. The van der Waals surface area contributed by atoms with Gasteiger partial charge in [-0.25, -0.2) is 8.42 Å². The Morgan fingerprint density at radius 2 is 2.14 bits per heavy atom. The molecule has 0 radical (unpaired) electrons. The first-order chi connectivity index (χ1) is 9.73. The second-order valence-corrected chi connectivity index (χ2v) is 7.38. The number of rotatable bonds is 4. The number of non-ortho nitro benzene ring substituents is 1. The number of aryl methyl sites for hydroxylation is 1. The summed E-state index contributed by atoms with van der Waals surface area (Å²) in [6.45, 7) is 4.26. The largest absolute Gasteiger partial charge is 0.328 e. The zero-order chi connectivity index (χ0) is 15.8. The van der Waals surface area contributed by atoms with E-state index in [-0.39, 0.29) is 22.5 Å². The van der Waals surface area contributed by atoms with Gasteiger partial charge in [-0.05, 0) is 31.7 Å². The minimum atomic E-state index is -3.72. The standard InChI is InChI=1S/C13H19N3O4S/c1-9-3-4-12(16(17)18)7-13(9)21(19,20)15-6-5-11(8-15)10(2)14/h3-4,7,10-11H,5-6,8,14H2,1-2H3. The Hall–Kier alpha value is -1.51. The van der Waals surface area contributed by atoms with Gasteiger partial charge in [0, 0.05) is 31.3 Å². The summed E-state index contributed by atoms with van der Waals surface area (Å²) >= 11 is 0. The number of nitrogens with zero attached hydrogens (tertiary/aromatic N) is 2. The number of benzene rings is 1. The van der Waals surface area contributed by atoms with Crippen LogP contribution in [0.5, 0.6) is 0 Å². The van der Waals surface area contributed by atoms with Crippen molar-refractivity contribution in [1.82, 2.24) is 4.31 Å². The van der Waals surface area contributed by atoms with Gasteiger partial charge >= 0.3 is 0 Å². The Morgan fingerprint density at radius 1 is 1.48 bits per heavy atom. The zero-order valence-corrected chi connectivity index (χ0v) is 12.8. The molecule has 8 heteroatoms. The van der Waals surface area contributed by atoms with Gasteiger partial charge in [0.15, 0.2) is 0 Å². The van der Waals surface area contributed by atoms with Gasteiger partial charge in [0.25, 0.3) is 5.69 Å². The monoisotopic (exact) mass is 313 g/mol. The maximum atomic E-state index is 12.7. The Kier molecular flexibility index (Phi) is 4.31. The topological polar surface area (TPSA) is 107 Å². The predicted octanol–water partition coefficient (Wildman–Crippen LogP) is 1.26. The SMILES string of the molecule is Cc1ccc([N+](=O)[O-])cc1S(=O)(=O)N1CCC(C(C)N)C1. The molecule has 0 spiro atoms. The Balaban J connectivity index is 2.36. The van der Waals surface area contributed by atoms with E-state index in [0.29, 0.717) is 25.1 Å². The summed E-state index contributed by atoms with van der Waals surface area (Å²) < 4.78 is 26.7. The smallest absolute Gasteiger partial charge is 0.270 e. The minimum absolute atomic E-state index is 0.00187. The zero-order valence-electron chi connectivity index (χ0n) is 12.0. The van der Waals surface area contributed by atoms with Crippen LogP contribution in [0.4, 0.5) is 5.69 Å². The summed E-state index contributed by atoms with van der Waals surface area (Å²) in [6.07, 6.45) is 0.713. The lowest BCUT2D eigenvalue weighted by Gasteiger charge is -2.19. The van der Waals surface area contributed by atoms with Crippen LogP contribution in [0.25, 0.3) is 0 Å². The molecule has 0 aliphatic carbocycles. The molecule has 0 bridgehead atoms. The fraction of sp³-hybridized carbons (Fsp3) is 0.538. The second kappa shape index (κ2) is 5.70. The molecule has 0 aromatic heterocycles. The molecule has 2 atom stereocenters. The molecule has 1 aromatic rings. The summed E-state index contributed by atoms with van der Waals surface area (Å²) in [6, 6.07) is 3.83. The number of sulfonamides is 1. The number of nitro groups is 1. The summed E-state index contributed by atoms with van der Waals surface area (Å²) in [7, 11) is -3.72. The van der Waals surface area contributed by atoms with Gasteiger partial charge in [-0.2, -0.15) is 4.31 Å². The van der Waals surface area contributed by atoms with Crippen LogP contribution in [-0.2, 0) is 10.0 Å². The molecule has 1 heterocycles. The van der Waals surface area contributed by atoms with E-state index in [1.807, 2.05) is 6.92 Å². The van der Waals surface area contributed by atoms with E-state index in [0.717, 1.165) is 6.07 Å². The fourth-order valence-corrected chi connectivity index (χ4v) is 4.28. The normalized spacial score (nSPS) is 21.4. The maximum Gasteiger partial charge on any atom is 0.270 e. The van der Waals surface area contributed by atoms with Crippen LogP contribution in [0.2, 0.25) is 0 Å². The van der Waals surface area contributed by atoms with Crippen molar-refractivity contribution >= 4 is 15.7 Å². The molecule has 1 aromatic carbocycles. The molecule has 1 aliphatic rings. The molecule has 0 amide bonds. The third-order valence-corrected chi connectivity index (χ3v) is 5.94. The van der Waals surface area contributed by atoms with Gasteiger partial charge in [0.2, 0.25) is 10.0 Å². The Morgan fingerprint density at radius 3 is 2.67 bits per heavy atom. The van der Waals surface area contributed by atoms with Crippen molar-refractivity contribution in [3.8, 4) is 0 Å². The third-order valence-electron chi connectivity index (χ3n) is 3.93. The van der Waals surface area contributed by atoms with Gasteiger partial charge < -0.3 is 5.73 Å². The number of nitro benzene ring substituents is 1. The molecule has 1 aliphatic heterocycles. The van der Waals surface area contributed by atoms with Crippen LogP contribution in [0.3, 0.4) is 0 Å². The van der Waals surface area contributed by atoms with Gasteiger partial charge in [-0.3, -0.25) is 10.1 Å². The van der Waals surface area contributed by atoms with Gasteiger partial charge in [-0.15, -0.1) is 0 Å². The average molecular weight is 313 g/mol. The van der Waals surface area contributed by atoms with E-state index in [1.54, 1.807) is 6.92 Å². The quantitative estimate of drug-likeness (QED) is 0.665. The first-order valence-electron chi connectivity index (χ1n) is 6.74. The summed E-state index contributed by atoms with van der Waals surface area (Å²) in [5.41, 5.74) is 6.11. The van der Waals surface area contributed by atoms with Crippen molar-refractivity contribution in [1.29, 1.82) is 0 Å². The van der Waals surface area contributed by atoms with Crippen LogP contribution in [0.1, 0.15) is 18.9 Å². The van der Waals surface area contributed by atoms with E-state index in [2.05, 4.69) is 0 Å². The molecule has 116 valence electrons. The number of hydrogen-bond donors (Lipinski definition) is 1. The molecule has 7 nitrogen and oxygen atoms in total.